The smallest absolute Gasteiger partial charge is 0.127 e. The van der Waals surface area contributed by atoms with E-state index >= 15 is 0 Å². The Morgan fingerprint density at radius 3 is 2.58 bits per heavy atom. The lowest BCUT2D eigenvalue weighted by Gasteiger charge is -2.39. The van der Waals surface area contributed by atoms with Crippen molar-refractivity contribution in [3.8, 4) is 22.9 Å². The average molecular weight is 483 g/mol. The third-order valence-corrected chi connectivity index (χ3v) is 7.21. The summed E-state index contributed by atoms with van der Waals surface area (Å²) in [6.07, 6.45) is 8.59. The van der Waals surface area contributed by atoms with E-state index < -0.39 is 0 Å². The van der Waals surface area contributed by atoms with Crippen LogP contribution < -0.4 is 4.74 Å². The maximum absolute atomic E-state index is 9.34. The fraction of sp³-hybridized carbons (Fsp3) is 0.419. The molecule has 4 rings (SSSR count). The molecule has 1 aliphatic heterocycles. The summed E-state index contributed by atoms with van der Waals surface area (Å²) in [5.41, 5.74) is 5.38. The van der Waals surface area contributed by atoms with Crippen molar-refractivity contribution < 1.29 is 4.74 Å². The van der Waals surface area contributed by atoms with Gasteiger partial charge in [0.1, 0.15) is 12.4 Å². The van der Waals surface area contributed by atoms with Crippen molar-refractivity contribution in [1.29, 1.82) is 5.26 Å². The molecule has 0 spiro atoms. The molecule has 0 radical (unpaired) electrons. The third-order valence-electron chi connectivity index (χ3n) is 7.21. The van der Waals surface area contributed by atoms with Crippen LogP contribution in [0, 0.1) is 18.3 Å². The Hall–Kier alpha value is -3.20. The summed E-state index contributed by atoms with van der Waals surface area (Å²) in [4.78, 5) is 9.41. The Morgan fingerprint density at radius 2 is 1.86 bits per heavy atom. The van der Waals surface area contributed by atoms with Crippen LogP contribution in [0.15, 0.2) is 67.0 Å². The fourth-order valence-corrected chi connectivity index (χ4v) is 5.10. The number of para-hydroxylation sites is 1. The highest BCUT2D eigenvalue weighted by Crippen LogP contribution is 2.30. The molecule has 1 aromatic heterocycles. The van der Waals surface area contributed by atoms with Crippen molar-refractivity contribution in [3.63, 3.8) is 0 Å². The molecule has 188 valence electrons. The second-order valence-corrected chi connectivity index (χ2v) is 9.66. The van der Waals surface area contributed by atoms with Gasteiger partial charge in [-0.1, -0.05) is 62.6 Å². The molecule has 1 fully saturated rings. The van der Waals surface area contributed by atoms with Gasteiger partial charge in [0.2, 0.25) is 0 Å². The molecule has 2 heterocycles. The van der Waals surface area contributed by atoms with Gasteiger partial charge in [0, 0.05) is 62.3 Å². The van der Waals surface area contributed by atoms with Crippen molar-refractivity contribution >= 4 is 0 Å². The number of aryl methyl sites for hydroxylation is 1. The van der Waals surface area contributed by atoms with Gasteiger partial charge >= 0.3 is 0 Å². The van der Waals surface area contributed by atoms with E-state index in [-0.39, 0.29) is 0 Å². The van der Waals surface area contributed by atoms with Crippen molar-refractivity contribution in [1.82, 2.24) is 14.8 Å². The molecule has 0 amide bonds. The summed E-state index contributed by atoms with van der Waals surface area (Å²) in [5.74, 6) is 0.913. The minimum absolute atomic E-state index is 0.424. The highest BCUT2D eigenvalue weighted by Gasteiger charge is 2.25. The monoisotopic (exact) mass is 482 g/mol. The van der Waals surface area contributed by atoms with Crippen LogP contribution in [0.25, 0.3) is 11.1 Å². The summed E-state index contributed by atoms with van der Waals surface area (Å²) in [6, 6.07) is 21.4. The first-order valence-electron chi connectivity index (χ1n) is 13.3. The highest BCUT2D eigenvalue weighted by molar-refractivity contribution is 5.69. The van der Waals surface area contributed by atoms with Gasteiger partial charge in [-0.2, -0.15) is 5.26 Å². The molecule has 1 unspecified atom stereocenters. The maximum atomic E-state index is 9.34. The van der Waals surface area contributed by atoms with Crippen LogP contribution in [0.5, 0.6) is 5.75 Å². The number of aromatic nitrogens is 1. The molecule has 1 atom stereocenters. The van der Waals surface area contributed by atoms with E-state index in [4.69, 9.17) is 4.74 Å². The number of nitriles is 1. The number of nitrogens with zero attached hydrogens (tertiary/aromatic N) is 4. The molecule has 0 saturated carbocycles. The van der Waals surface area contributed by atoms with Gasteiger partial charge in [-0.05, 0) is 42.7 Å². The van der Waals surface area contributed by atoms with Gasteiger partial charge in [-0.3, -0.25) is 14.8 Å². The number of benzene rings is 2. The lowest BCUT2D eigenvalue weighted by atomic mass is 9.95. The molecule has 36 heavy (non-hydrogen) atoms. The summed E-state index contributed by atoms with van der Waals surface area (Å²) in [5, 5.41) is 9.34. The lowest BCUT2D eigenvalue weighted by Crippen LogP contribution is -2.48. The highest BCUT2D eigenvalue weighted by atomic mass is 16.5. The number of rotatable bonds is 11. The number of unbranched alkanes of at least 4 members (excludes halogenated alkanes) is 2. The molecule has 0 N–H and O–H groups in total. The van der Waals surface area contributed by atoms with Crippen LogP contribution in [0.3, 0.4) is 0 Å². The molecule has 0 aliphatic carbocycles. The third kappa shape index (κ3) is 6.72. The molecular formula is C31H38N4O. The van der Waals surface area contributed by atoms with Gasteiger partial charge < -0.3 is 4.74 Å². The summed E-state index contributed by atoms with van der Waals surface area (Å²) in [7, 11) is 0. The van der Waals surface area contributed by atoms with Crippen LogP contribution in [0.2, 0.25) is 0 Å². The second kappa shape index (κ2) is 13.2. The number of hydrogen-bond acceptors (Lipinski definition) is 5. The number of hydrogen-bond donors (Lipinski definition) is 0. The average Bonchev–Trinajstić information content (AvgIpc) is 2.92. The van der Waals surface area contributed by atoms with Crippen LogP contribution in [-0.4, -0.2) is 54.1 Å². The normalized spacial score (nSPS) is 15.4. The zero-order valence-electron chi connectivity index (χ0n) is 21.7. The summed E-state index contributed by atoms with van der Waals surface area (Å²) >= 11 is 0. The Balaban J connectivity index is 1.32. The van der Waals surface area contributed by atoms with Crippen molar-refractivity contribution in [3.05, 3.63) is 83.7 Å². The SMILES string of the molecule is CCCCCC(c1ccc(C#N)c(C)c1)N1CCN(CCOc2ccccc2-c2cccnc2)CC1. The summed E-state index contributed by atoms with van der Waals surface area (Å²) < 4.78 is 6.23. The molecule has 5 nitrogen and oxygen atoms in total. The van der Waals surface area contributed by atoms with Gasteiger partial charge in [-0.15, -0.1) is 0 Å². The molecule has 0 bridgehead atoms. The van der Waals surface area contributed by atoms with E-state index in [1.807, 2.05) is 36.5 Å². The van der Waals surface area contributed by atoms with Crippen LogP contribution >= 0.6 is 0 Å². The zero-order valence-corrected chi connectivity index (χ0v) is 21.7. The molecular weight excluding hydrogens is 444 g/mol. The Labute approximate surface area is 216 Å². The van der Waals surface area contributed by atoms with E-state index in [0.717, 1.165) is 60.7 Å². The largest absolute Gasteiger partial charge is 0.492 e. The van der Waals surface area contributed by atoms with Gasteiger partial charge in [0.15, 0.2) is 0 Å². The minimum atomic E-state index is 0.424. The predicted octanol–water partition coefficient (Wildman–Crippen LogP) is 6.25. The lowest BCUT2D eigenvalue weighted by molar-refractivity contribution is 0.0818. The summed E-state index contributed by atoms with van der Waals surface area (Å²) in [6.45, 7) is 10.1. The van der Waals surface area contributed by atoms with Crippen LogP contribution in [0.1, 0.15) is 55.3 Å². The first kappa shape index (κ1) is 25.9. The quantitative estimate of drug-likeness (QED) is 0.303. The van der Waals surface area contributed by atoms with E-state index in [2.05, 4.69) is 59.0 Å². The van der Waals surface area contributed by atoms with E-state index in [0.29, 0.717) is 12.6 Å². The van der Waals surface area contributed by atoms with Gasteiger partial charge in [-0.25, -0.2) is 0 Å². The minimum Gasteiger partial charge on any atom is -0.492 e. The van der Waals surface area contributed by atoms with Gasteiger partial charge in [0.05, 0.1) is 11.6 Å². The molecule has 5 heteroatoms. The first-order valence-corrected chi connectivity index (χ1v) is 13.3. The topological polar surface area (TPSA) is 52.4 Å². The number of ether oxygens (including phenoxy) is 1. The molecule has 3 aromatic rings. The number of pyridine rings is 1. The Kier molecular flexibility index (Phi) is 9.49. The Bertz CT molecular complexity index is 1130. The second-order valence-electron chi connectivity index (χ2n) is 9.66. The number of piperazine rings is 1. The van der Waals surface area contributed by atoms with Crippen molar-refractivity contribution in [2.24, 2.45) is 0 Å². The van der Waals surface area contributed by atoms with Crippen LogP contribution in [0.4, 0.5) is 0 Å². The predicted molar refractivity (Wildman–Crippen MR) is 146 cm³/mol. The standard InChI is InChI=1S/C31H38N4O/c1-3-4-5-11-30(26-13-14-27(23-32)25(2)22-26)35-18-16-34(17-19-35)20-21-36-31-12-7-6-10-29(31)28-9-8-15-33-24-28/h6-10,12-15,22,24,30H,3-5,11,16-21H2,1-2H3. The maximum Gasteiger partial charge on any atom is 0.127 e. The fourth-order valence-electron chi connectivity index (χ4n) is 5.10. The molecule has 2 aromatic carbocycles. The van der Waals surface area contributed by atoms with E-state index in [1.165, 1.54) is 31.2 Å². The molecule has 1 saturated heterocycles. The molecule has 1 aliphatic rings. The van der Waals surface area contributed by atoms with Gasteiger partial charge in [0.25, 0.3) is 0 Å². The zero-order chi connectivity index (χ0) is 25.2. The Morgan fingerprint density at radius 1 is 1.03 bits per heavy atom. The van der Waals surface area contributed by atoms with Crippen molar-refractivity contribution in [2.75, 3.05) is 39.3 Å². The van der Waals surface area contributed by atoms with Crippen LogP contribution in [-0.2, 0) is 0 Å². The van der Waals surface area contributed by atoms with Crippen molar-refractivity contribution in [2.45, 2.75) is 45.6 Å². The van der Waals surface area contributed by atoms with E-state index in [9.17, 15) is 5.26 Å². The first-order chi connectivity index (χ1) is 17.7. The van der Waals surface area contributed by atoms with E-state index in [1.54, 1.807) is 6.20 Å².